The molecular weight excluding hydrogens is 254 g/mol. The molecule has 0 bridgehead atoms. The summed E-state index contributed by atoms with van der Waals surface area (Å²) in [7, 11) is 1.84. The number of hydrogen-bond acceptors (Lipinski definition) is 3. The number of carbonyl (C=O) groups is 1. The Balaban J connectivity index is 2.03. The zero-order chi connectivity index (χ0) is 14.7. The molecule has 0 saturated heterocycles. The first kappa shape index (κ1) is 14.6. The van der Waals surface area contributed by atoms with Crippen molar-refractivity contribution in [3.05, 3.63) is 28.7 Å². The number of aromatic nitrogens is 1. The van der Waals surface area contributed by atoms with E-state index >= 15 is 0 Å². The van der Waals surface area contributed by atoms with Crippen LogP contribution in [-0.4, -0.2) is 28.5 Å². The zero-order valence-corrected chi connectivity index (χ0v) is 12.2. The molecule has 1 amide bonds. The summed E-state index contributed by atoms with van der Waals surface area (Å²) in [6, 6.07) is 3.24. The fourth-order valence-corrected chi connectivity index (χ4v) is 2.89. The first-order chi connectivity index (χ1) is 9.47. The molecule has 0 aromatic carbocycles. The topological polar surface area (TPSA) is 68.3 Å². The summed E-state index contributed by atoms with van der Waals surface area (Å²) in [6.45, 7) is 2.29. The average Bonchev–Trinajstić information content (AvgIpc) is 2.42. The fraction of sp³-hybridized carbons (Fsp3) is 0.600. The molecule has 1 aliphatic rings. The summed E-state index contributed by atoms with van der Waals surface area (Å²) >= 11 is 0. The molecule has 110 valence electrons. The van der Waals surface area contributed by atoms with Crippen molar-refractivity contribution in [2.24, 2.45) is 5.92 Å². The molecule has 1 saturated carbocycles. The second-order valence-corrected chi connectivity index (χ2v) is 5.86. The van der Waals surface area contributed by atoms with Crippen LogP contribution in [0.1, 0.15) is 32.6 Å². The molecule has 2 atom stereocenters. The highest BCUT2D eigenvalue weighted by atomic mass is 16.2. The molecule has 1 fully saturated rings. The van der Waals surface area contributed by atoms with Crippen molar-refractivity contribution in [2.45, 2.75) is 45.2 Å². The molecule has 0 radical (unpaired) electrons. The van der Waals surface area contributed by atoms with Crippen molar-refractivity contribution in [3.8, 4) is 0 Å². The van der Waals surface area contributed by atoms with Crippen LogP contribution in [0.2, 0.25) is 0 Å². The second-order valence-electron chi connectivity index (χ2n) is 5.86. The van der Waals surface area contributed by atoms with Crippen LogP contribution in [0.3, 0.4) is 0 Å². The van der Waals surface area contributed by atoms with Gasteiger partial charge in [0.25, 0.3) is 5.56 Å². The van der Waals surface area contributed by atoms with Gasteiger partial charge < -0.3 is 15.2 Å². The van der Waals surface area contributed by atoms with Gasteiger partial charge in [-0.15, -0.1) is 0 Å². The largest absolute Gasteiger partial charge is 0.398 e. The quantitative estimate of drug-likeness (QED) is 0.909. The highest BCUT2D eigenvalue weighted by Crippen LogP contribution is 2.26. The lowest BCUT2D eigenvalue weighted by molar-refractivity contribution is -0.133. The van der Waals surface area contributed by atoms with Crippen LogP contribution in [0.25, 0.3) is 0 Å². The first-order valence-corrected chi connectivity index (χ1v) is 7.19. The predicted molar refractivity (Wildman–Crippen MR) is 79.3 cm³/mol. The van der Waals surface area contributed by atoms with E-state index in [2.05, 4.69) is 6.92 Å². The van der Waals surface area contributed by atoms with E-state index in [1.54, 1.807) is 11.0 Å². The highest BCUT2D eigenvalue weighted by molar-refractivity contribution is 5.76. The molecule has 0 aliphatic heterocycles. The Kier molecular flexibility index (Phi) is 4.47. The molecule has 5 nitrogen and oxygen atoms in total. The van der Waals surface area contributed by atoms with Gasteiger partial charge in [-0.05, 0) is 24.8 Å². The minimum absolute atomic E-state index is 0.0307. The maximum atomic E-state index is 12.3. The molecule has 0 spiro atoms. The van der Waals surface area contributed by atoms with Crippen LogP contribution < -0.4 is 11.3 Å². The Labute approximate surface area is 119 Å². The van der Waals surface area contributed by atoms with Gasteiger partial charge in [-0.25, -0.2) is 0 Å². The number of pyridine rings is 1. The molecule has 1 aromatic rings. The van der Waals surface area contributed by atoms with Gasteiger partial charge in [0.2, 0.25) is 5.91 Å². The van der Waals surface area contributed by atoms with Crippen LogP contribution >= 0.6 is 0 Å². The van der Waals surface area contributed by atoms with E-state index in [1.807, 2.05) is 7.05 Å². The molecule has 20 heavy (non-hydrogen) atoms. The minimum atomic E-state index is -0.196. The number of rotatable bonds is 3. The van der Waals surface area contributed by atoms with Crippen molar-refractivity contribution in [3.63, 3.8) is 0 Å². The normalized spacial score (nSPS) is 22.5. The average molecular weight is 277 g/mol. The SMILES string of the molecule is CC1CCCC(N(C)C(=O)Cn2cc(N)ccc2=O)C1. The van der Waals surface area contributed by atoms with Gasteiger partial charge in [-0.2, -0.15) is 0 Å². The summed E-state index contributed by atoms with van der Waals surface area (Å²) in [5.41, 5.74) is 5.95. The van der Waals surface area contributed by atoms with E-state index < -0.39 is 0 Å². The van der Waals surface area contributed by atoms with Crippen molar-refractivity contribution in [1.82, 2.24) is 9.47 Å². The monoisotopic (exact) mass is 277 g/mol. The molecule has 2 N–H and O–H groups in total. The summed E-state index contributed by atoms with van der Waals surface area (Å²) < 4.78 is 1.38. The molecule has 1 aromatic heterocycles. The Morgan fingerprint density at radius 1 is 1.45 bits per heavy atom. The number of carbonyl (C=O) groups excluding carboxylic acids is 1. The van der Waals surface area contributed by atoms with Gasteiger partial charge in [0.15, 0.2) is 0 Å². The highest BCUT2D eigenvalue weighted by Gasteiger charge is 2.25. The minimum Gasteiger partial charge on any atom is -0.398 e. The van der Waals surface area contributed by atoms with Gasteiger partial charge in [0.1, 0.15) is 6.54 Å². The van der Waals surface area contributed by atoms with Crippen LogP contribution in [-0.2, 0) is 11.3 Å². The van der Waals surface area contributed by atoms with Crippen molar-refractivity contribution in [1.29, 1.82) is 0 Å². The van der Waals surface area contributed by atoms with Crippen LogP contribution in [0.4, 0.5) is 5.69 Å². The molecule has 2 rings (SSSR count). The Morgan fingerprint density at radius 2 is 2.20 bits per heavy atom. The summed E-state index contributed by atoms with van der Waals surface area (Å²) in [5.74, 6) is 0.635. The Bertz CT molecular complexity index is 538. The van der Waals surface area contributed by atoms with Crippen LogP contribution in [0, 0.1) is 5.92 Å². The lowest BCUT2D eigenvalue weighted by Crippen LogP contribution is -2.42. The number of nitrogens with two attached hydrogens (primary N) is 1. The van der Waals surface area contributed by atoms with Gasteiger partial charge in [-0.1, -0.05) is 19.8 Å². The van der Waals surface area contributed by atoms with Gasteiger partial charge >= 0.3 is 0 Å². The van der Waals surface area contributed by atoms with E-state index in [9.17, 15) is 9.59 Å². The number of hydrogen-bond donors (Lipinski definition) is 1. The van der Waals surface area contributed by atoms with Gasteiger partial charge in [0, 0.05) is 31.0 Å². The van der Waals surface area contributed by atoms with Gasteiger partial charge in [-0.3, -0.25) is 9.59 Å². The molecule has 5 heteroatoms. The zero-order valence-electron chi connectivity index (χ0n) is 12.2. The summed E-state index contributed by atoms with van der Waals surface area (Å²) in [5, 5.41) is 0. The molecule has 2 unspecified atom stereocenters. The fourth-order valence-electron chi connectivity index (χ4n) is 2.89. The Hall–Kier alpha value is -1.78. The third-order valence-electron chi connectivity index (χ3n) is 4.16. The van der Waals surface area contributed by atoms with E-state index in [1.165, 1.54) is 29.7 Å². The van der Waals surface area contributed by atoms with E-state index in [4.69, 9.17) is 5.73 Å². The lowest BCUT2D eigenvalue weighted by atomic mass is 9.86. The van der Waals surface area contributed by atoms with E-state index in [0.717, 1.165) is 12.8 Å². The summed E-state index contributed by atoms with van der Waals surface area (Å²) in [4.78, 5) is 25.8. The van der Waals surface area contributed by atoms with Crippen molar-refractivity contribution < 1.29 is 4.79 Å². The second kappa shape index (κ2) is 6.11. The first-order valence-electron chi connectivity index (χ1n) is 7.19. The standard InChI is InChI=1S/C15H23N3O2/c1-11-4-3-5-13(8-11)17(2)15(20)10-18-9-12(16)6-7-14(18)19/h6-7,9,11,13H,3-5,8,10,16H2,1-2H3. The van der Waals surface area contributed by atoms with Crippen LogP contribution in [0.15, 0.2) is 23.1 Å². The maximum absolute atomic E-state index is 12.3. The summed E-state index contributed by atoms with van der Waals surface area (Å²) in [6.07, 6.45) is 6.04. The Morgan fingerprint density at radius 3 is 2.90 bits per heavy atom. The lowest BCUT2D eigenvalue weighted by Gasteiger charge is -2.34. The van der Waals surface area contributed by atoms with Crippen molar-refractivity contribution in [2.75, 3.05) is 12.8 Å². The smallest absolute Gasteiger partial charge is 0.251 e. The third-order valence-corrected chi connectivity index (χ3v) is 4.16. The predicted octanol–water partition coefficient (Wildman–Crippen LogP) is 1.47. The number of nitrogens with zero attached hydrogens (tertiary/aromatic N) is 2. The van der Waals surface area contributed by atoms with Gasteiger partial charge in [0.05, 0.1) is 0 Å². The number of amides is 1. The molecular formula is C15H23N3O2. The van der Waals surface area contributed by atoms with Crippen LogP contribution in [0.5, 0.6) is 0 Å². The third kappa shape index (κ3) is 3.40. The number of likely N-dealkylation sites (N-methyl/N-ethyl adjacent to an activating group) is 1. The number of anilines is 1. The van der Waals surface area contributed by atoms with E-state index in [-0.39, 0.29) is 18.0 Å². The molecule has 1 heterocycles. The van der Waals surface area contributed by atoms with E-state index in [0.29, 0.717) is 17.6 Å². The number of nitrogen functional groups attached to an aromatic ring is 1. The van der Waals surface area contributed by atoms with Crippen molar-refractivity contribution >= 4 is 11.6 Å². The molecule has 1 aliphatic carbocycles. The maximum Gasteiger partial charge on any atom is 0.251 e.